The van der Waals surface area contributed by atoms with Gasteiger partial charge in [0.15, 0.2) is 5.78 Å². The summed E-state index contributed by atoms with van der Waals surface area (Å²) < 4.78 is 10.2. The molecular weight excluding hydrogens is 398 g/mol. The standard InChI is InChI=1S/C23H23N3O3S/c1-4-12-26-20-15(2)17(10-11-19(20)30-23(26)28)21(27)18-13-24-25(3)22(18)29-14-16-8-6-5-7-9-16/h5-11,13H,4,12,14H2,1-3H3. The molecule has 0 saturated heterocycles. The summed E-state index contributed by atoms with van der Waals surface area (Å²) in [5, 5.41) is 4.24. The van der Waals surface area contributed by atoms with E-state index in [1.807, 2.05) is 50.2 Å². The zero-order valence-corrected chi connectivity index (χ0v) is 18.0. The maximum absolute atomic E-state index is 13.4. The fraction of sp³-hybridized carbons (Fsp3) is 0.261. The molecule has 6 nitrogen and oxygen atoms in total. The first-order chi connectivity index (χ1) is 14.5. The molecule has 0 amide bonds. The Hall–Kier alpha value is -3.19. The van der Waals surface area contributed by atoms with Crippen molar-refractivity contribution in [1.82, 2.24) is 14.3 Å². The van der Waals surface area contributed by atoms with Crippen LogP contribution >= 0.6 is 11.3 Å². The number of nitrogens with zero attached hydrogens (tertiary/aromatic N) is 3. The molecule has 2 heterocycles. The van der Waals surface area contributed by atoms with Gasteiger partial charge < -0.3 is 4.74 Å². The number of thiazole rings is 1. The van der Waals surface area contributed by atoms with E-state index in [2.05, 4.69) is 5.10 Å². The highest BCUT2D eigenvalue weighted by atomic mass is 32.1. The van der Waals surface area contributed by atoms with E-state index in [1.165, 1.54) is 11.3 Å². The fourth-order valence-corrected chi connectivity index (χ4v) is 4.61. The highest BCUT2D eigenvalue weighted by Crippen LogP contribution is 2.28. The van der Waals surface area contributed by atoms with Crippen LogP contribution in [0.15, 0.2) is 53.5 Å². The molecule has 0 aliphatic heterocycles. The minimum atomic E-state index is -0.160. The van der Waals surface area contributed by atoms with Crippen LogP contribution in [0.1, 0.15) is 40.4 Å². The number of hydrogen-bond donors (Lipinski definition) is 0. The topological polar surface area (TPSA) is 66.1 Å². The first kappa shape index (κ1) is 20.1. The zero-order valence-electron chi connectivity index (χ0n) is 17.2. The van der Waals surface area contributed by atoms with Crippen LogP contribution in [0, 0.1) is 6.92 Å². The molecule has 30 heavy (non-hydrogen) atoms. The van der Waals surface area contributed by atoms with Crippen LogP contribution in [0.4, 0.5) is 0 Å². The van der Waals surface area contributed by atoms with Gasteiger partial charge >= 0.3 is 4.87 Å². The van der Waals surface area contributed by atoms with E-state index < -0.39 is 0 Å². The molecule has 0 saturated carbocycles. The second-order valence-corrected chi connectivity index (χ2v) is 8.19. The van der Waals surface area contributed by atoms with Crippen LogP contribution in [-0.2, 0) is 20.2 Å². The highest BCUT2D eigenvalue weighted by molar-refractivity contribution is 7.16. The van der Waals surface area contributed by atoms with Crippen LogP contribution in [-0.4, -0.2) is 20.1 Å². The lowest BCUT2D eigenvalue weighted by molar-refractivity contribution is 0.103. The predicted octanol–water partition coefficient (Wildman–Crippen LogP) is 4.32. The van der Waals surface area contributed by atoms with Crippen molar-refractivity contribution in [2.45, 2.75) is 33.4 Å². The summed E-state index contributed by atoms with van der Waals surface area (Å²) in [7, 11) is 1.75. The molecule has 2 aromatic carbocycles. The molecule has 4 aromatic rings. The molecule has 0 N–H and O–H groups in total. The number of ketones is 1. The van der Waals surface area contributed by atoms with Gasteiger partial charge in [-0.2, -0.15) is 5.10 Å². The smallest absolute Gasteiger partial charge is 0.308 e. The third kappa shape index (κ3) is 3.57. The zero-order chi connectivity index (χ0) is 21.3. The Bertz CT molecular complexity index is 1270. The third-order valence-corrected chi connectivity index (χ3v) is 6.07. The number of hydrogen-bond acceptors (Lipinski definition) is 5. The van der Waals surface area contributed by atoms with Gasteiger partial charge in [0.05, 0.1) is 16.4 Å². The Labute approximate surface area is 178 Å². The van der Waals surface area contributed by atoms with E-state index >= 15 is 0 Å². The van der Waals surface area contributed by atoms with Crippen molar-refractivity contribution >= 4 is 27.3 Å². The molecule has 154 valence electrons. The van der Waals surface area contributed by atoms with Crippen molar-refractivity contribution in [2.24, 2.45) is 7.05 Å². The Morgan fingerprint density at radius 3 is 2.63 bits per heavy atom. The lowest BCUT2D eigenvalue weighted by Crippen LogP contribution is -2.14. The third-order valence-electron chi connectivity index (χ3n) is 5.12. The summed E-state index contributed by atoms with van der Waals surface area (Å²) in [4.78, 5) is 25.8. The second kappa shape index (κ2) is 8.28. The quantitative estimate of drug-likeness (QED) is 0.417. The number of aryl methyl sites for hydroxylation is 3. The number of carbonyl (C=O) groups excluding carboxylic acids is 1. The van der Waals surface area contributed by atoms with Gasteiger partial charge in [0.25, 0.3) is 0 Å². The minimum Gasteiger partial charge on any atom is -0.472 e. The minimum absolute atomic E-state index is 0.00723. The molecule has 4 rings (SSSR count). The lowest BCUT2D eigenvalue weighted by atomic mass is 10.00. The summed E-state index contributed by atoms with van der Waals surface area (Å²) in [6, 6.07) is 13.4. The van der Waals surface area contributed by atoms with Gasteiger partial charge in [0, 0.05) is 19.2 Å². The first-order valence-corrected chi connectivity index (χ1v) is 10.7. The van der Waals surface area contributed by atoms with Gasteiger partial charge in [-0.1, -0.05) is 48.6 Å². The molecular formula is C23H23N3O3S. The molecule has 0 radical (unpaired) electrons. The molecule has 2 aromatic heterocycles. The maximum atomic E-state index is 13.4. The van der Waals surface area contributed by atoms with Crippen molar-refractivity contribution in [3.63, 3.8) is 0 Å². The largest absolute Gasteiger partial charge is 0.472 e. The van der Waals surface area contributed by atoms with Crippen molar-refractivity contribution < 1.29 is 9.53 Å². The highest BCUT2D eigenvalue weighted by Gasteiger charge is 2.23. The fourth-order valence-electron chi connectivity index (χ4n) is 3.63. The maximum Gasteiger partial charge on any atom is 0.308 e. The van der Waals surface area contributed by atoms with Gasteiger partial charge in [-0.3, -0.25) is 14.2 Å². The van der Waals surface area contributed by atoms with Gasteiger partial charge in [0.1, 0.15) is 12.2 Å². The number of fused-ring (bicyclic) bond motifs is 1. The summed E-state index contributed by atoms with van der Waals surface area (Å²) in [5.41, 5.74) is 3.63. The van der Waals surface area contributed by atoms with E-state index in [1.54, 1.807) is 28.6 Å². The summed E-state index contributed by atoms with van der Waals surface area (Å²) in [6.45, 7) is 4.91. The molecule has 7 heteroatoms. The predicted molar refractivity (Wildman–Crippen MR) is 119 cm³/mol. The monoisotopic (exact) mass is 421 g/mol. The summed E-state index contributed by atoms with van der Waals surface area (Å²) in [6.07, 6.45) is 2.39. The average molecular weight is 422 g/mol. The number of carbonyl (C=O) groups is 1. The van der Waals surface area contributed by atoms with Gasteiger partial charge in [-0.15, -0.1) is 0 Å². The lowest BCUT2D eigenvalue weighted by Gasteiger charge is -2.11. The van der Waals surface area contributed by atoms with E-state index in [9.17, 15) is 9.59 Å². The van der Waals surface area contributed by atoms with Crippen molar-refractivity contribution in [3.05, 3.63) is 80.6 Å². The number of rotatable bonds is 7. The SMILES string of the molecule is CCCn1c(=O)sc2ccc(C(=O)c3cnn(C)c3OCc3ccccc3)c(C)c21. The van der Waals surface area contributed by atoms with E-state index in [4.69, 9.17) is 4.74 Å². The Morgan fingerprint density at radius 2 is 1.90 bits per heavy atom. The number of aromatic nitrogens is 3. The first-order valence-electron chi connectivity index (χ1n) is 9.87. The van der Waals surface area contributed by atoms with Crippen LogP contribution in [0.5, 0.6) is 5.88 Å². The van der Waals surface area contributed by atoms with E-state index in [0.29, 0.717) is 30.2 Å². The van der Waals surface area contributed by atoms with Crippen molar-refractivity contribution in [3.8, 4) is 5.88 Å². The second-order valence-electron chi connectivity index (χ2n) is 7.19. The van der Waals surface area contributed by atoms with Crippen LogP contribution in [0.25, 0.3) is 10.2 Å². The van der Waals surface area contributed by atoms with Gasteiger partial charge in [-0.05, 0) is 36.6 Å². The molecule has 0 aliphatic carbocycles. The van der Waals surface area contributed by atoms with Crippen LogP contribution in [0.2, 0.25) is 0 Å². The molecule has 0 unspecified atom stereocenters. The molecule has 0 fully saturated rings. The van der Waals surface area contributed by atoms with E-state index in [-0.39, 0.29) is 10.7 Å². The van der Waals surface area contributed by atoms with Crippen LogP contribution in [0.3, 0.4) is 0 Å². The molecule has 0 atom stereocenters. The van der Waals surface area contributed by atoms with Crippen LogP contribution < -0.4 is 9.61 Å². The molecule has 0 bridgehead atoms. The van der Waals surface area contributed by atoms with Crippen molar-refractivity contribution in [1.29, 1.82) is 0 Å². The summed E-state index contributed by atoms with van der Waals surface area (Å²) >= 11 is 1.22. The number of ether oxygens (including phenoxy) is 1. The number of benzene rings is 2. The molecule has 0 spiro atoms. The van der Waals surface area contributed by atoms with E-state index in [0.717, 1.165) is 27.8 Å². The molecule has 0 aliphatic rings. The average Bonchev–Trinajstić information content (AvgIpc) is 3.27. The normalized spacial score (nSPS) is 11.2. The Kier molecular flexibility index (Phi) is 5.55. The van der Waals surface area contributed by atoms with Gasteiger partial charge in [0.2, 0.25) is 5.88 Å². The Balaban J connectivity index is 1.72. The Morgan fingerprint density at radius 1 is 1.13 bits per heavy atom. The summed E-state index contributed by atoms with van der Waals surface area (Å²) in [5.74, 6) is 0.270. The van der Waals surface area contributed by atoms with Gasteiger partial charge in [-0.25, -0.2) is 4.68 Å². The van der Waals surface area contributed by atoms with Crippen molar-refractivity contribution in [2.75, 3.05) is 0 Å².